The van der Waals surface area contributed by atoms with E-state index in [1.165, 1.54) is 17.7 Å². The summed E-state index contributed by atoms with van der Waals surface area (Å²) in [5.41, 5.74) is 4.55. The standard InChI is InChI=1S/C26H22F3N5OS/c1-16-32-22-24(33-23(34-25(22)36-16)21-5-3-14-30-21)31-15-2-4-17-6-8-18(9-7-17)19-10-12-20(13-11-19)35-26(27,28)29/h3,5-14,30H,2,4,15H2,1H3,(H,31,33,34). The molecule has 0 aliphatic carbocycles. The molecule has 0 atom stereocenters. The highest BCUT2D eigenvalue weighted by Crippen LogP contribution is 2.29. The van der Waals surface area contributed by atoms with Crippen LogP contribution >= 0.6 is 11.3 Å². The number of aromatic amines is 1. The predicted molar refractivity (Wildman–Crippen MR) is 135 cm³/mol. The van der Waals surface area contributed by atoms with Gasteiger partial charge < -0.3 is 15.0 Å². The van der Waals surface area contributed by atoms with Gasteiger partial charge in [-0.05, 0) is 60.7 Å². The van der Waals surface area contributed by atoms with Crippen molar-refractivity contribution in [3.8, 4) is 28.4 Å². The van der Waals surface area contributed by atoms with Crippen LogP contribution in [0.4, 0.5) is 19.0 Å². The van der Waals surface area contributed by atoms with E-state index in [0.717, 1.165) is 57.4 Å². The Morgan fingerprint density at radius 2 is 1.67 bits per heavy atom. The molecule has 0 saturated carbocycles. The zero-order chi connectivity index (χ0) is 25.1. The Hall–Kier alpha value is -3.92. The highest BCUT2D eigenvalue weighted by Gasteiger charge is 2.30. The van der Waals surface area contributed by atoms with Crippen LogP contribution in [-0.2, 0) is 6.42 Å². The van der Waals surface area contributed by atoms with Gasteiger partial charge in [-0.1, -0.05) is 47.7 Å². The van der Waals surface area contributed by atoms with Crippen molar-refractivity contribution in [3.05, 3.63) is 77.4 Å². The summed E-state index contributed by atoms with van der Waals surface area (Å²) in [5.74, 6) is 1.12. The summed E-state index contributed by atoms with van der Waals surface area (Å²) in [6.07, 6.45) is -1.10. The van der Waals surface area contributed by atoms with Crippen LogP contribution in [0.2, 0.25) is 0 Å². The summed E-state index contributed by atoms with van der Waals surface area (Å²) >= 11 is 1.54. The van der Waals surface area contributed by atoms with Crippen LogP contribution in [0.15, 0.2) is 66.9 Å². The van der Waals surface area contributed by atoms with E-state index in [2.05, 4.69) is 25.0 Å². The molecule has 3 heterocycles. The summed E-state index contributed by atoms with van der Waals surface area (Å²) in [5, 5.41) is 4.36. The van der Waals surface area contributed by atoms with Crippen LogP contribution in [-0.4, -0.2) is 32.8 Å². The largest absolute Gasteiger partial charge is 0.573 e. The zero-order valence-corrected chi connectivity index (χ0v) is 20.1. The number of hydrogen-bond donors (Lipinski definition) is 2. The van der Waals surface area contributed by atoms with Gasteiger partial charge in [0.15, 0.2) is 11.6 Å². The van der Waals surface area contributed by atoms with E-state index in [0.29, 0.717) is 5.82 Å². The van der Waals surface area contributed by atoms with Gasteiger partial charge in [0.25, 0.3) is 0 Å². The minimum absolute atomic E-state index is 0.232. The third-order valence-electron chi connectivity index (χ3n) is 5.51. The summed E-state index contributed by atoms with van der Waals surface area (Å²) in [6.45, 7) is 2.67. The number of ether oxygens (including phenoxy) is 1. The number of aromatic nitrogens is 4. The molecule has 0 bridgehead atoms. The van der Waals surface area contributed by atoms with Crippen LogP contribution in [0.1, 0.15) is 17.0 Å². The van der Waals surface area contributed by atoms with Gasteiger partial charge in [0, 0.05) is 12.7 Å². The summed E-state index contributed by atoms with van der Waals surface area (Å²) < 4.78 is 41.0. The number of nitrogens with one attached hydrogen (secondary N) is 2. The van der Waals surface area contributed by atoms with Crippen molar-refractivity contribution in [1.82, 2.24) is 19.9 Å². The Bertz CT molecular complexity index is 1450. The van der Waals surface area contributed by atoms with Crippen LogP contribution in [0.3, 0.4) is 0 Å². The lowest BCUT2D eigenvalue weighted by Crippen LogP contribution is -2.16. The Kier molecular flexibility index (Phi) is 6.60. The fourth-order valence-electron chi connectivity index (χ4n) is 3.85. The average molecular weight is 510 g/mol. The lowest BCUT2D eigenvalue weighted by molar-refractivity contribution is -0.274. The second-order valence-electron chi connectivity index (χ2n) is 8.17. The van der Waals surface area contributed by atoms with E-state index in [4.69, 9.17) is 4.98 Å². The van der Waals surface area contributed by atoms with Gasteiger partial charge in [0.2, 0.25) is 0 Å². The number of nitrogens with zero attached hydrogens (tertiary/aromatic N) is 3. The van der Waals surface area contributed by atoms with E-state index in [9.17, 15) is 13.2 Å². The minimum atomic E-state index is -4.69. The lowest BCUT2D eigenvalue weighted by Gasteiger charge is -2.10. The highest BCUT2D eigenvalue weighted by atomic mass is 32.1. The van der Waals surface area contributed by atoms with E-state index in [-0.39, 0.29) is 5.75 Å². The summed E-state index contributed by atoms with van der Waals surface area (Å²) in [4.78, 5) is 17.9. The second kappa shape index (κ2) is 9.98. The van der Waals surface area contributed by atoms with E-state index in [1.807, 2.05) is 49.5 Å². The molecule has 0 aliphatic heterocycles. The van der Waals surface area contributed by atoms with E-state index < -0.39 is 6.36 Å². The number of thiazole rings is 1. The van der Waals surface area contributed by atoms with Gasteiger partial charge in [-0.15, -0.1) is 13.2 Å². The molecule has 36 heavy (non-hydrogen) atoms. The maximum atomic E-state index is 12.3. The lowest BCUT2D eigenvalue weighted by atomic mass is 10.0. The molecule has 6 nitrogen and oxygen atoms in total. The quantitative estimate of drug-likeness (QED) is 0.220. The molecule has 2 N–H and O–H groups in total. The summed E-state index contributed by atoms with van der Waals surface area (Å²) in [6, 6.07) is 17.7. The van der Waals surface area contributed by atoms with Crippen LogP contribution in [0.5, 0.6) is 5.75 Å². The SMILES string of the molecule is Cc1nc2c(NCCCc3ccc(-c4ccc(OC(F)(F)F)cc4)cc3)nc(-c3ccc[nH]3)nc2s1. The van der Waals surface area contributed by atoms with Crippen LogP contribution in [0, 0.1) is 6.92 Å². The number of alkyl halides is 3. The number of fused-ring (bicyclic) bond motifs is 1. The molecular weight excluding hydrogens is 487 g/mol. The number of anilines is 1. The van der Waals surface area contributed by atoms with Crippen molar-refractivity contribution in [2.45, 2.75) is 26.1 Å². The fourth-order valence-corrected chi connectivity index (χ4v) is 4.64. The van der Waals surface area contributed by atoms with Crippen molar-refractivity contribution in [2.75, 3.05) is 11.9 Å². The molecule has 10 heteroatoms. The number of rotatable bonds is 8. The Morgan fingerprint density at radius 1 is 0.944 bits per heavy atom. The first-order valence-corrected chi connectivity index (χ1v) is 12.1. The van der Waals surface area contributed by atoms with Crippen LogP contribution < -0.4 is 10.1 Å². The number of hydrogen-bond acceptors (Lipinski definition) is 6. The fraction of sp³-hybridized carbons (Fsp3) is 0.192. The van der Waals surface area contributed by atoms with Crippen molar-refractivity contribution in [2.24, 2.45) is 0 Å². The van der Waals surface area contributed by atoms with Gasteiger partial charge in [-0.25, -0.2) is 15.0 Å². The topological polar surface area (TPSA) is 75.7 Å². The zero-order valence-electron chi connectivity index (χ0n) is 19.3. The second-order valence-corrected chi connectivity index (χ2v) is 9.35. The van der Waals surface area contributed by atoms with Gasteiger partial charge >= 0.3 is 6.36 Å². The first-order chi connectivity index (χ1) is 17.3. The number of halogens is 3. The Labute approximate surface area is 209 Å². The molecule has 0 saturated heterocycles. The summed E-state index contributed by atoms with van der Waals surface area (Å²) in [7, 11) is 0. The molecule has 5 rings (SSSR count). The molecule has 0 radical (unpaired) electrons. The maximum Gasteiger partial charge on any atom is 0.573 e. The van der Waals surface area contributed by atoms with Crippen LogP contribution in [0.25, 0.3) is 33.0 Å². The third-order valence-corrected chi connectivity index (χ3v) is 6.38. The molecule has 5 aromatic rings. The van der Waals surface area contributed by atoms with Crippen molar-refractivity contribution in [1.29, 1.82) is 0 Å². The molecule has 0 aliphatic rings. The van der Waals surface area contributed by atoms with Gasteiger partial charge in [0.1, 0.15) is 16.1 Å². The van der Waals surface area contributed by atoms with Crippen molar-refractivity contribution >= 4 is 27.5 Å². The third kappa shape index (κ3) is 5.65. The molecule has 3 aromatic heterocycles. The monoisotopic (exact) mass is 509 g/mol. The normalized spacial score (nSPS) is 11.7. The maximum absolute atomic E-state index is 12.3. The molecule has 2 aromatic carbocycles. The first kappa shape index (κ1) is 23.8. The smallest absolute Gasteiger partial charge is 0.406 e. The van der Waals surface area contributed by atoms with Gasteiger partial charge in [-0.3, -0.25) is 0 Å². The molecular formula is C26H22F3N5OS. The molecule has 0 fully saturated rings. The number of aryl methyl sites for hydroxylation is 2. The van der Waals surface area contributed by atoms with E-state index in [1.54, 1.807) is 23.5 Å². The van der Waals surface area contributed by atoms with E-state index >= 15 is 0 Å². The number of H-pyrrole nitrogens is 1. The van der Waals surface area contributed by atoms with Gasteiger partial charge in [-0.2, -0.15) is 0 Å². The molecule has 0 unspecified atom stereocenters. The molecule has 184 valence electrons. The van der Waals surface area contributed by atoms with Gasteiger partial charge in [0.05, 0.1) is 10.7 Å². The Balaban J connectivity index is 1.20. The minimum Gasteiger partial charge on any atom is -0.406 e. The average Bonchev–Trinajstić information content (AvgIpc) is 3.51. The number of benzene rings is 2. The first-order valence-electron chi connectivity index (χ1n) is 11.3. The predicted octanol–water partition coefficient (Wildman–Crippen LogP) is 7.00. The van der Waals surface area contributed by atoms with Crippen molar-refractivity contribution < 1.29 is 17.9 Å². The van der Waals surface area contributed by atoms with Crippen molar-refractivity contribution in [3.63, 3.8) is 0 Å². The highest BCUT2D eigenvalue weighted by molar-refractivity contribution is 7.18. The Morgan fingerprint density at radius 3 is 2.33 bits per heavy atom. The molecule has 0 spiro atoms. The molecule has 0 amide bonds.